The molecule has 6 nitrogen and oxygen atoms in total. The zero-order valence-electron chi connectivity index (χ0n) is 18.4. The maximum Gasteiger partial charge on any atom is 0.240 e. The standard InChI is InChI=1S/C24H33N3O3S/c1-26(16-19-6-4-3-5-7-19)17-21-18-27-13-12-20(21)14-22(27)15-25-31(28,29)24-10-8-23(30-2)9-11-24/h3-11,20-22,25H,12-18H2,1-2H3/t20-,21-,22+/m0/s1. The second-order valence-electron chi connectivity index (χ2n) is 8.90. The predicted molar refractivity (Wildman–Crippen MR) is 123 cm³/mol. The molecule has 3 heterocycles. The molecule has 2 aromatic carbocycles. The number of sulfonamides is 1. The van der Waals surface area contributed by atoms with E-state index in [9.17, 15) is 8.42 Å². The highest BCUT2D eigenvalue weighted by molar-refractivity contribution is 7.89. The van der Waals surface area contributed by atoms with Crippen LogP contribution in [0, 0.1) is 11.8 Å². The van der Waals surface area contributed by atoms with Gasteiger partial charge in [0.2, 0.25) is 10.0 Å². The summed E-state index contributed by atoms with van der Waals surface area (Å²) in [7, 11) is 0.261. The number of nitrogens with zero attached hydrogens (tertiary/aromatic N) is 2. The molecule has 0 saturated carbocycles. The molecule has 0 aromatic heterocycles. The number of ether oxygens (including phenoxy) is 1. The molecule has 31 heavy (non-hydrogen) atoms. The topological polar surface area (TPSA) is 61.9 Å². The highest BCUT2D eigenvalue weighted by Gasteiger charge is 2.40. The van der Waals surface area contributed by atoms with Gasteiger partial charge in [0.15, 0.2) is 0 Å². The highest BCUT2D eigenvalue weighted by Crippen LogP contribution is 2.36. The highest BCUT2D eigenvalue weighted by atomic mass is 32.2. The molecule has 3 aliphatic heterocycles. The van der Waals surface area contributed by atoms with Crippen molar-refractivity contribution in [2.75, 3.05) is 40.3 Å². The minimum Gasteiger partial charge on any atom is -0.497 e. The third kappa shape index (κ3) is 5.47. The van der Waals surface area contributed by atoms with Gasteiger partial charge < -0.3 is 9.64 Å². The van der Waals surface area contributed by atoms with Crippen molar-refractivity contribution in [2.24, 2.45) is 11.8 Å². The third-order valence-electron chi connectivity index (χ3n) is 6.73. The van der Waals surface area contributed by atoms with Crippen LogP contribution in [0.3, 0.4) is 0 Å². The Morgan fingerprint density at radius 3 is 2.52 bits per heavy atom. The molecule has 3 fully saturated rings. The fourth-order valence-electron chi connectivity index (χ4n) is 5.07. The second kappa shape index (κ2) is 9.69. The molecule has 0 radical (unpaired) electrons. The molecule has 1 unspecified atom stereocenters. The monoisotopic (exact) mass is 443 g/mol. The molecule has 7 heteroatoms. The van der Waals surface area contributed by atoms with Crippen molar-refractivity contribution in [1.82, 2.24) is 14.5 Å². The summed E-state index contributed by atoms with van der Waals surface area (Å²) in [5, 5.41) is 0. The van der Waals surface area contributed by atoms with Gasteiger partial charge in [0.05, 0.1) is 12.0 Å². The smallest absolute Gasteiger partial charge is 0.240 e. The first-order chi connectivity index (χ1) is 14.9. The number of hydrogen-bond acceptors (Lipinski definition) is 5. The van der Waals surface area contributed by atoms with E-state index in [-0.39, 0.29) is 10.9 Å². The van der Waals surface area contributed by atoms with Crippen molar-refractivity contribution in [3.8, 4) is 5.75 Å². The molecule has 4 atom stereocenters. The minimum absolute atomic E-state index is 0.280. The number of benzene rings is 2. The zero-order chi connectivity index (χ0) is 21.8. The Hall–Kier alpha value is -1.93. The molecule has 1 N–H and O–H groups in total. The van der Waals surface area contributed by atoms with Crippen LogP contribution in [0.2, 0.25) is 0 Å². The molecular formula is C24H33N3O3S. The molecule has 0 amide bonds. The van der Waals surface area contributed by atoms with Crippen LogP contribution in [0.25, 0.3) is 0 Å². The van der Waals surface area contributed by atoms with Crippen molar-refractivity contribution in [2.45, 2.75) is 30.3 Å². The Bertz CT molecular complexity index is 950. The Labute approximate surface area is 186 Å². The van der Waals surface area contributed by atoms with Crippen LogP contribution in [0.5, 0.6) is 5.75 Å². The Kier molecular flexibility index (Phi) is 6.96. The van der Waals surface area contributed by atoms with Gasteiger partial charge in [0.25, 0.3) is 0 Å². The van der Waals surface area contributed by atoms with Gasteiger partial charge in [-0.3, -0.25) is 4.90 Å². The molecule has 0 spiro atoms. The van der Waals surface area contributed by atoms with E-state index in [0.717, 1.165) is 32.6 Å². The number of methoxy groups -OCH3 is 1. The predicted octanol–water partition coefficient (Wildman–Crippen LogP) is 2.82. The number of rotatable bonds is 9. The molecule has 3 aliphatic rings. The number of fused-ring (bicyclic) bond motifs is 3. The maximum atomic E-state index is 12.7. The number of hydrogen-bond donors (Lipinski definition) is 1. The van der Waals surface area contributed by atoms with Gasteiger partial charge in [-0.05, 0) is 68.1 Å². The number of piperidine rings is 3. The van der Waals surface area contributed by atoms with Gasteiger partial charge in [-0.15, -0.1) is 0 Å². The summed E-state index contributed by atoms with van der Waals surface area (Å²) in [5.41, 5.74) is 1.34. The first kappa shape index (κ1) is 22.3. The molecular weight excluding hydrogens is 410 g/mol. The van der Waals surface area contributed by atoms with Crippen molar-refractivity contribution < 1.29 is 13.2 Å². The van der Waals surface area contributed by atoms with Gasteiger partial charge >= 0.3 is 0 Å². The lowest BCUT2D eigenvalue weighted by molar-refractivity contribution is -0.00822. The maximum absolute atomic E-state index is 12.7. The molecule has 2 bridgehead atoms. The van der Waals surface area contributed by atoms with Gasteiger partial charge in [0.1, 0.15) is 5.75 Å². The van der Waals surface area contributed by atoms with Crippen LogP contribution in [0.4, 0.5) is 0 Å². The minimum atomic E-state index is -3.51. The molecule has 2 aromatic rings. The van der Waals surface area contributed by atoms with E-state index < -0.39 is 10.0 Å². The Morgan fingerprint density at radius 1 is 1.13 bits per heavy atom. The van der Waals surface area contributed by atoms with E-state index in [1.54, 1.807) is 31.4 Å². The van der Waals surface area contributed by atoms with E-state index in [1.165, 1.54) is 12.0 Å². The van der Waals surface area contributed by atoms with Gasteiger partial charge in [0, 0.05) is 32.2 Å². The first-order valence-corrected chi connectivity index (χ1v) is 12.5. The quantitative estimate of drug-likeness (QED) is 0.646. The van der Waals surface area contributed by atoms with Gasteiger partial charge in [-0.2, -0.15) is 0 Å². The van der Waals surface area contributed by atoms with E-state index in [2.05, 4.69) is 51.9 Å². The fraction of sp³-hybridized carbons (Fsp3) is 0.500. The van der Waals surface area contributed by atoms with Crippen molar-refractivity contribution in [3.05, 3.63) is 60.2 Å². The summed E-state index contributed by atoms with van der Waals surface area (Å²) in [6, 6.07) is 17.4. The summed E-state index contributed by atoms with van der Waals surface area (Å²) in [6.07, 6.45) is 2.28. The van der Waals surface area contributed by atoms with Crippen LogP contribution >= 0.6 is 0 Å². The third-order valence-corrected chi connectivity index (χ3v) is 8.17. The average molecular weight is 444 g/mol. The summed E-state index contributed by atoms with van der Waals surface area (Å²) < 4.78 is 33.3. The molecule has 3 saturated heterocycles. The lowest BCUT2D eigenvalue weighted by Crippen LogP contribution is -2.58. The molecule has 5 rings (SSSR count). The first-order valence-electron chi connectivity index (χ1n) is 11.0. The lowest BCUT2D eigenvalue weighted by Gasteiger charge is -2.50. The fourth-order valence-corrected chi connectivity index (χ4v) is 6.15. The van der Waals surface area contributed by atoms with Crippen molar-refractivity contribution in [3.63, 3.8) is 0 Å². The largest absolute Gasteiger partial charge is 0.497 e. The Morgan fingerprint density at radius 2 is 1.87 bits per heavy atom. The van der Waals surface area contributed by atoms with Crippen LogP contribution in [0.1, 0.15) is 18.4 Å². The van der Waals surface area contributed by atoms with E-state index in [1.807, 2.05) is 0 Å². The summed E-state index contributed by atoms with van der Waals surface area (Å²) in [5.74, 6) is 1.97. The van der Waals surface area contributed by atoms with Gasteiger partial charge in [-0.25, -0.2) is 13.1 Å². The van der Waals surface area contributed by atoms with Crippen LogP contribution in [-0.4, -0.2) is 64.6 Å². The molecule has 168 valence electrons. The zero-order valence-corrected chi connectivity index (χ0v) is 19.2. The van der Waals surface area contributed by atoms with Gasteiger partial charge in [-0.1, -0.05) is 30.3 Å². The van der Waals surface area contributed by atoms with E-state index in [4.69, 9.17) is 4.74 Å². The SMILES string of the molecule is COc1ccc(S(=O)(=O)NC[C@H]2C[C@@H]3CCN2C[C@@H]3CN(C)Cc2ccccc2)cc1. The van der Waals surface area contributed by atoms with Crippen molar-refractivity contribution in [1.29, 1.82) is 0 Å². The van der Waals surface area contributed by atoms with Crippen molar-refractivity contribution >= 4 is 10.0 Å². The normalized spacial score (nSPS) is 25.6. The van der Waals surface area contributed by atoms with E-state index >= 15 is 0 Å². The summed E-state index contributed by atoms with van der Waals surface area (Å²) in [4.78, 5) is 5.19. The lowest BCUT2D eigenvalue weighted by atomic mass is 9.75. The van der Waals surface area contributed by atoms with Crippen LogP contribution in [-0.2, 0) is 16.6 Å². The second-order valence-corrected chi connectivity index (χ2v) is 10.7. The van der Waals surface area contributed by atoms with E-state index in [0.29, 0.717) is 24.1 Å². The number of nitrogens with one attached hydrogen (secondary N) is 1. The summed E-state index contributed by atoms with van der Waals surface area (Å²) >= 11 is 0. The van der Waals surface area contributed by atoms with Crippen LogP contribution in [0.15, 0.2) is 59.5 Å². The summed E-state index contributed by atoms with van der Waals surface area (Å²) in [6.45, 7) is 4.64. The molecule has 0 aliphatic carbocycles. The van der Waals surface area contributed by atoms with Crippen LogP contribution < -0.4 is 9.46 Å². The Balaban J connectivity index is 1.29. The average Bonchev–Trinajstić information content (AvgIpc) is 2.79.